The van der Waals surface area contributed by atoms with Crippen LogP contribution in [0, 0.1) is 0 Å². The van der Waals surface area contributed by atoms with Gasteiger partial charge in [-0.05, 0) is 42.1 Å². The number of carbonyl (C=O) groups excluding carboxylic acids is 1. The summed E-state index contributed by atoms with van der Waals surface area (Å²) in [6.45, 7) is 4.02. The van der Waals surface area contributed by atoms with Crippen LogP contribution in [0.25, 0.3) is 10.8 Å². The van der Waals surface area contributed by atoms with E-state index in [9.17, 15) is 9.90 Å². The molecule has 4 aromatic rings. The summed E-state index contributed by atoms with van der Waals surface area (Å²) in [6.07, 6.45) is -1.01. The van der Waals surface area contributed by atoms with Crippen molar-refractivity contribution in [3.05, 3.63) is 78.0 Å². The van der Waals surface area contributed by atoms with Crippen molar-refractivity contribution in [1.82, 2.24) is 9.88 Å². The Kier molecular flexibility index (Phi) is 6.77. The number of nitrogens with two attached hydrogens (primary N) is 1. The molecule has 3 aromatic carbocycles. The molecule has 1 unspecified atom stereocenters. The molecule has 2 heterocycles. The molecule has 0 radical (unpaired) electrons. The molecule has 1 aromatic heterocycles. The molecule has 186 valence electrons. The van der Waals surface area contributed by atoms with Gasteiger partial charge in [0.15, 0.2) is 17.1 Å². The number of amides is 1. The van der Waals surface area contributed by atoms with Gasteiger partial charge in [0.2, 0.25) is 0 Å². The zero-order valence-electron chi connectivity index (χ0n) is 20.4. The number of nitrogens with one attached hydrogen (secondary N) is 1. The second-order valence-electron chi connectivity index (χ2n) is 9.06. The average molecular weight is 503 g/mol. The second kappa shape index (κ2) is 10.1. The molecule has 1 fully saturated rings. The van der Waals surface area contributed by atoms with Gasteiger partial charge < -0.3 is 30.9 Å². The van der Waals surface area contributed by atoms with E-state index in [0.717, 1.165) is 48.3 Å². The van der Waals surface area contributed by atoms with Crippen molar-refractivity contribution in [2.75, 3.05) is 55.4 Å². The Morgan fingerprint density at radius 2 is 1.75 bits per heavy atom. The lowest BCUT2D eigenvalue weighted by atomic mass is 10.1. The van der Waals surface area contributed by atoms with E-state index in [0.29, 0.717) is 15.7 Å². The van der Waals surface area contributed by atoms with Gasteiger partial charge in [-0.1, -0.05) is 53.8 Å². The van der Waals surface area contributed by atoms with Gasteiger partial charge in [0.05, 0.1) is 0 Å². The monoisotopic (exact) mass is 502 g/mol. The number of aliphatic hydroxyl groups excluding tert-OH is 1. The summed E-state index contributed by atoms with van der Waals surface area (Å²) in [4.78, 5) is 23.2. The number of hydrogen-bond donors (Lipinski definition) is 3. The molecule has 4 N–H and O–H groups in total. The number of hydrogen-bond acceptors (Lipinski definition) is 8. The van der Waals surface area contributed by atoms with Crippen LogP contribution in [-0.4, -0.2) is 61.2 Å². The van der Waals surface area contributed by atoms with Crippen LogP contribution in [0.4, 0.5) is 21.5 Å². The van der Waals surface area contributed by atoms with Crippen molar-refractivity contribution < 1.29 is 9.90 Å². The molecule has 0 spiro atoms. The van der Waals surface area contributed by atoms with E-state index in [4.69, 9.17) is 5.73 Å². The maximum Gasteiger partial charge on any atom is 0.270 e. The van der Waals surface area contributed by atoms with Crippen molar-refractivity contribution >= 4 is 49.5 Å². The molecular weight excluding hydrogens is 472 g/mol. The predicted octanol–water partition coefficient (Wildman–Crippen LogP) is 4.02. The van der Waals surface area contributed by atoms with Crippen LogP contribution >= 0.6 is 11.3 Å². The SMILES string of the molecule is CN1CCN(c2ccc(C(O)Nc3sc(N(C)c4ccc5ccccc5c4)nc3C(N)=O)cc2)CC1. The van der Waals surface area contributed by atoms with E-state index < -0.39 is 12.1 Å². The van der Waals surface area contributed by atoms with Gasteiger partial charge in [-0.15, -0.1) is 0 Å². The van der Waals surface area contributed by atoms with Crippen molar-refractivity contribution in [2.45, 2.75) is 6.23 Å². The zero-order valence-corrected chi connectivity index (χ0v) is 21.2. The summed E-state index contributed by atoms with van der Waals surface area (Å²) >= 11 is 1.28. The molecule has 5 rings (SSSR count). The molecule has 1 saturated heterocycles. The van der Waals surface area contributed by atoms with E-state index in [1.807, 2.05) is 54.4 Å². The molecule has 36 heavy (non-hydrogen) atoms. The first-order valence-electron chi connectivity index (χ1n) is 11.9. The molecular formula is C27H30N6O2S. The van der Waals surface area contributed by atoms with Gasteiger partial charge in [0.25, 0.3) is 5.91 Å². The molecule has 0 saturated carbocycles. The topological polar surface area (TPSA) is 98.0 Å². The molecule has 0 bridgehead atoms. The van der Waals surface area contributed by atoms with Crippen molar-refractivity contribution in [3.8, 4) is 0 Å². The fourth-order valence-corrected chi connectivity index (χ4v) is 5.33. The third kappa shape index (κ3) is 4.99. The third-order valence-electron chi connectivity index (χ3n) is 6.60. The third-order valence-corrected chi connectivity index (χ3v) is 7.66. The first-order chi connectivity index (χ1) is 17.4. The Bertz CT molecular complexity index is 1360. The Hall–Kier alpha value is -3.66. The number of carbonyl (C=O) groups is 1. The molecule has 1 aliphatic rings. The van der Waals surface area contributed by atoms with E-state index >= 15 is 0 Å². The summed E-state index contributed by atoms with van der Waals surface area (Å²) in [5, 5.41) is 17.2. The quantitative estimate of drug-likeness (QED) is 0.329. The number of likely N-dealkylation sites (N-methyl/N-ethyl adjacent to an activating group) is 1. The van der Waals surface area contributed by atoms with Crippen LogP contribution in [0.2, 0.25) is 0 Å². The number of aromatic nitrogens is 1. The fourth-order valence-electron chi connectivity index (χ4n) is 4.35. The highest BCUT2D eigenvalue weighted by molar-refractivity contribution is 7.20. The number of fused-ring (bicyclic) bond motifs is 1. The number of piperazine rings is 1. The maximum absolute atomic E-state index is 12.1. The largest absolute Gasteiger partial charge is 0.369 e. The van der Waals surface area contributed by atoms with Gasteiger partial charge in [-0.2, -0.15) is 0 Å². The smallest absolute Gasteiger partial charge is 0.270 e. The van der Waals surface area contributed by atoms with Crippen molar-refractivity contribution in [1.29, 1.82) is 0 Å². The van der Waals surface area contributed by atoms with Gasteiger partial charge in [-0.25, -0.2) is 4.98 Å². The van der Waals surface area contributed by atoms with E-state index in [1.54, 1.807) is 0 Å². The predicted molar refractivity (Wildman–Crippen MR) is 147 cm³/mol. The normalized spacial score (nSPS) is 15.1. The van der Waals surface area contributed by atoms with Crippen LogP contribution in [0.1, 0.15) is 22.3 Å². The van der Waals surface area contributed by atoms with Crippen LogP contribution in [0.15, 0.2) is 66.7 Å². The highest BCUT2D eigenvalue weighted by Crippen LogP contribution is 2.36. The van der Waals surface area contributed by atoms with Crippen molar-refractivity contribution in [3.63, 3.8) is 0 Å². The second-order valence-corrected chi connectivity index (χ2v) is 10.0. The standard InChI is InChI=1S/C27H30N6O2S/c1-31-13-15-33(16-14-31)21-10-8-19(9-11-21)25(35)30-26-23(24(28)34)29-27(36-26)32(2)22-12-7-18-5-3-4-6-20(18)17-22/h3-12,17,25,30,35H,13-16H2,1-2H3,(H2,28,34). The average Bonchev–Trinajstić information content (AvgIpc) is 3.32. The van der Waals surface area contributed by atoms with E-state index in [2.05, 4.69) is 51.4 Å². The highest BCUT2D eigenvalue weighted by atomic mass is 32.1. The van der Waals surface area contributed by atoms with Crippen LogP contribution in [-0.2, 0) is 0 Å². The van der Waals surface area contributed by atoms with Crippen LogP contribution < -0.4 is 20.9 Å². The Balaban J connectivity index is 1.34. The summed E-state index contributed by atoms with van der Waals surface area (Å²) in [6, 6.07) is 22.1. The summed E-state index contributed by atoms with van der Waals surface area (Å²) in [7, 11) is 4.03. The number of rotatable bonds is 7. The van der Waals surface area contributed by atoms with Crippen molar-refractivity contribution in [2.24, 2.45) is 5.73 Å². The highest BCUT2D eigenvalue weighted by Gasteiger charge is 2.22. The van der Waals surface area contributed by atoms with Crippen LogP contribution in [0.3, 0.4) is 0 Å². The number of anilines is 4. The maximum atomic E-state index is 12.1. The molecule has 1 atom stereocenters. The minimum absolute atomic E-state index is 0.107. The van der Waals surface area contributed by atoms with Crippen LogP contribution in [0.5, 0.6) is 0 Å². The molecule has 1 amide bonds. The number of primary amides is 1. The number of aliphatic hydroxyl groups is 1. The molecule has 8 nitrogen and oxygen atoms in total. The minimum Gasteiger partial charge on any atom is -0.369 e. The first-order valence-corrected chi connectivity index (χ1v) is 12.7. The Morgan fingerprint density at radius 3 is 2.44 bits per heavy atom. The molecule has 1 aliphatic heterocycles. The molecule has 0 aliphatic carbocycles. The lowest BCUT2D eigenvalue weighted by Crippen LogP contribution is -2.44. The van der Waals surface area contributed by atoms with Gasteiger partial charge in [-0.3, -0.25) is 4.79 Å². The van der Waals surface area contributed by atoms with Gasteiger partial charge in [0, 0.05) is 50.2 Å². The Labute approximate surface area is 214 Å². The summed E-state index contributed by atoms with van der Waals surface area (Å²) in [5.41, 5.74) is 8.50. The minimum atomic E-state index is -1.01. The molecule has 9 heteroatoms. The fraction of sp³-hybridized carbons (Fsp3) is 0.259. The van der Waals surface area contributed by atoms with E-state index in [-0.39, 0.29) is 5.69 Å². The lowest BCUT2D eigenvalue weighted by Gasteiger charge is -2.34. The first kappa shape index (κ1) is 24.1. The van der Waals surface area contributed by atoms with Gasteiger partial charge in [0.1, 0.15) is 5.00 Å². The van der Waals surface area contributed by atoms with E-state index in [1.165, 1.54) is 11.3 Å². The number of nitrogens with zero attached hydrogens (tertiary/aromatic N) is 4. The summed E-state index contributed by atoms with van der Waals surface area (Å²) < 4.78 is 0. The number of benzene rings is 3. The summed E-state index contributed by atoms with van der Waals surface area (Å²) in [5.74, 6) is -0.649. The number of thiazole rings is 1. The van der Waals surface area contributed by atoms with Gasteiger partial charge >= 0.3 is 0 Å². The zero-order chi connectivity index (χ0) is 25.2. The Morgan fingerprint density at radius 1 is 1.06 bits per heavy atom. The lowest BCUT2D eigenvalue weighted by molar-refractivity contribution is 0.0997.